The van der Waals surface area contributed by atoms with Crippen LogP contribution in [0.5, 0.6) is 0 Å². The minimum Gasteiger partial charge on any atom is -0.493 e. The first-order chi connectivity index (χ1) is 6.63. The molecule has 0 radical (unpaired) electrons. The molecule has 1 aliphatic rings. The first-order valence-corrected chi connectivity index (χ1v) is 5.73. The molecule has 0 aromatic heterocycles. The average molecular weight is 263 g/mol. The maximum absolute atomic E-state index is 11.1. The third-order valence-corrected chi connectivity index (χ3v) is 2.65. The fraction of sp³-hybridized carbons (Fsp3) is 0.700. The van der Waals surface area contributed by atoms with Gasteiger partial charge in [-0.05, 0) is 20.3 Å². The Bertz CT molecular complexity index is 236. The number of rotatable bonds is 3. The normalized spacial score (nSPS) is 25.9. The molecular weight excluding hydrogens is 248 g/mol. The van der Waals surface area contributed by atoms with Gasteiger partial charge in [-0.25, -0.2) is 4.79 Å². The third kappa shape index (κ3) is 3.33. The van der Waals surface area contributed by atoms with E-state index in [-0.39, 0.29) is 12.1 Å². The first-order valence-electron chi connectivity index (χ1n) is 4.81. The molecule has 0 aliphatic carbocycles. The van der Waals surface area contributed by atoms with Gasteiger partial charge < -0.3 is 9.47 Å². The van der Waals surface area contributed by atoms with Crippen LogP contribution in [0.1, 0.15) is 26.7 Å². The van der Waals surface area contributed by atoms with Crippen molar-refractivity contribution in [1.82, 2.24) is 0 Å². The highest BCUT2D eigenvalue weighted by atomic mass is 79.9. The number of esters is 1. The fourth-order valence-corrected chi connectivity index (χ4v) is 1.71. The summed E-state index contributed by atoms with van der Waals surface area (Å²) < 4.78 is 10.3. The zero-order chi connectivity index (χ0) is 10.6. The van der Waals surface area contributed by atoms with Crippen LogP contribution in [-0.4, -0.2) is 23.5 Å². The molecule has 0 aromatic rings. The molecule has 0 unspecified atom stereocenters. The van der Waals surface area contributed by atoms with Gasteiger partial charge in [0.2, 0.25) is 0 Å². The molecule has 14 heavy (non-hydrogen) atoms. The summed E-state index contributed by atoms with van der Waals surface area (Å²) in [6, 6.07) is 0. The Morgan fingerprint density at radius 2 is 2.57 bits per heavy atom. The summed E-state index contributed by atoms with van der Waals surface area (Å²) in [4.78, 5) is 11.4. The number of ether oxygens (including phenoxy) is 2. The average Bonchev–Trinajstić information content (AvgIpc) is 2.53. The van der Waals surface area contributed by atoms with Crippen molar-refractivity contribution in [3.63, 3.8) is 0 Å². The largest absolute Gasteiger partial charge is 0.493 e. The van der Waals surface area contributed by atoms with Crippen molar-refractivity contribution >= 4 is 21.9 Å². The molecule has 80 valence electrons. The molecule has 0 spiro atoms. The van der Waals surface area contributed by atoms with Crippen LogP contribution >= 0.6 is 15.9 Å². The van der Waals surface area contributed by atoms with E-state index >= 15 is 0 Å². The van der Waals surface area contributed by atoms with Crippen molar-refractivity contribution in [2.75, 3.05) is 6.61 Å². The molecule has 1 aliphatic heterocycles. The molecule has 1 rings (SSSR count). The summed E-state index contributed by atoms with van der Waals surface area (Å²) in [5.41, 5.74) is 0. The van der Waals surface area contributed by atoms with E-state index in [1.54, 1.807) is 6.92 Å². The summed E-state index contributed by atoms with van der Waals surface area (Å²) in [7, 11) is 0. The molecule has 1 saturated heterocycles. The van der Waals surface area contributed by atoms with Gasteiger partial charge in [-0.15, -0.1) is 0 Å². The molecule has 1 heterocycles. The van der Waals surface area contributed by atoms with Crippen molar-refractivity contribution < 1.29 is 14.3 Å². The van der Waals surface area contributed by atoms with E-state index in [1.165, 1.54) is 6.08 Å². The van der Waals surface area contributed by atoms with Gasteiger partial charge in [-0.1, -0.05) is 15.9 Å². The number of carbonyl (C=O) groups excluding carboxylic acids is 1. The predicted molar refractivity (Wildman–Crippen MR) is 57.2 cm³/mol. The van der Waals surface area contributed by atoms with Gasteiger partial charge in [0.05, 0.1) is 12.7 Å². The predicted octanol–water partition coefficient (Wildman–Crippen LogP) is 2.40. The maximum atomic E-state index is 11.1. The van der Waals surface area contributed by atoms with E-state index in [2.05, 4.69) is 15.9 Å². The molecule has 0 bridgehead atoms. The number of alkyl halides is 1. The highest BCUT2D eigenvalue weighted by Gasteiger charge is 2.25. The Hall–Kier alpha value is -0.510. The molecular formula is C10H15BrO3. The Morgan fingerprint density at radius 1 is 1.86 bits per heavy atom. The van der Waals surface area contributed by atoms with Crippen molar-refractivity contribution in [3.8, 4) is 0 Å². The van der Waals surface area contributed by atoms with Crippen LogP contribution in [0.2, 0.25) is 0 Å². The van der Waals surface area contributed by atoms with Gasteiger partial charge in [0.15, 0.2) is 0 Å². The zero-order valence-electron chi connectivity index (χ0n) is 8.46. The Kier molecular flexibility index (Phi) is 4.45. The summed E-state index contributed by atoms with van der Waals surface area (Å²) in [6.07, 6.45) is 3.39. The third-order valence-electron chi connectivity index (χ3n) is 2.06. The highest BCUT2D eigenvalue weighted by Crippen LogP contribution is 2.27. The zero-order valence-corrected chi connectivity index (χ0v) is 10.0. The van der Waals surface area contributed by atoms with E-state index in [1.807, 2.05) is 6.92 Å². The van der Waals surface area contributed by atoms with Crippen LogP contribution in [0.4, 0.5) is 0 Å². The number of hydrogen-bond acceptors (Lipinski definition) is 3. The topological polar surface area (TPSA) is 35.5 Å². The van der Waals surface area contributed by atoms with Gasteiger partial charge in [0.25, 0.3) is 0 Å². The number of hydrogen-bond donors (Lipinski definition) is 0. The number of carbonyl (C=O) groups is 1. The molecule has 0 N–H and O–H groups in total. The summed E-state index contributed by atoms with van der Waals surface area (Å²) in [5, 5.41) is 0. The van der Waals surface area contributed by atoms with E-state index in [0.717, 1.165) is 18.6 Å². The molecule has 0 aromatic carbocycles. The van der Waals surface area contributed by atoms with Crippen LogP contribution in [0.3, 0.4) is 0 Å². The lowest BCUT2D eigenvalue weighted by Crippen LogP contribution is -2.15. The Balaban J connectivity index is 2.44. The molecule has 2 atom stereocenters. The second-order valence-corrected chi connectivity index (χ2v) is 4.68. The van der Waals surface area contributed by atoms with Crippen molar-refractivity contribution in [3.05, 3.63) is 11.8 Å². The minimum atomic E-state index is -0.314. The summed E-state index contributed by atoms with van der Waals surface area (Å²) in [6.45, 7) is 4.23. The van der Waals surface area contributed by atoms with E-state index in [9.17, 15) is 4.79 Å². The van der Waals surface area contributed by atoms with Gasteiger partial charge in [-0.2, -0.15) is 0 Å². The number of halogens is 1. The minimum absolute atomic E-state index is 0.177. The molecule has 1 fully saturated rings. The Labute approximate surface area is 92.6 Å². The van der Waals surface area contributed by atoms with Crippen molar-refractivity contribution in [1.29, 1.82) is 0 Å². The SMILES string of the molecule is CCOC(=O)/C=C1\CC[C@H]([C@@H](C)Br)O1. The van der Waals surface area contributed by atoms with Gasteiger partial charge in [-0.3, -0.25) is 0 Å². The molecule has 3 nitrogen and oxygen atoms in total. The maximum Gasteiger partial charge on any atom is 0.334 e. The Morgan fingerprint density at radius 3 is 3.07 bits per heavy atom. The first kappa shape index (κ1) is 11.6. The lowest BCUT2D eigenvalue weighted by molar-refractivity contribution is -0.137. The van der Waals surface area contributed by atoms with E-state index < -0.39 is 0 Å². The standard InChI is InChI=1S/C10H15BrO3/c1-3-13-10(12)6-8-4-5-9(14-8)7(2)11/h6-7,9H,3-5H2,1-2H3/b8-6+/t7-,9-/m1/s1. The van der Waals surface area contributed by atoms with Crippen LogP contribution in [0, 0.1) is 0 Å². The monoisotopic (exact) mass is 262 g/mol. The molecule has 0 saturated carbocycles. The molecule has 0 amide bonds. The molecule has 4 heteroatoms. The lowest BCUT2D eigenvalue weighted by Gasteiger charge is -2.12. The van der Waals surface area contributed by atoms with Crippen LogP contribution in [0.25, 0.3) is 0 Å². The van der Waals surface area contributed by atoms with E-state index in [4.69, 9.17) is 9.47 Å². The lowest BCUT2D eigenvalue weighted by atomic mass is 10.2. The van der Waals surface area contributed by atoms with Crippen LogP contribution in [-0.2, 0) is 14.3 Å². The summed E-state index contributed by atoms with van der Waals surface area (Å²) >= 11 is 3.46. The van der Waals surface area contributed by atoms with Crippen molar-refractivity contribution in [2.24, 2.45) is 0 Å². The smallest absolute Gasteiger partial charge is 0.334 e. The van der Waals surface area contributed by atoms with Gasteiger partial charge in [0, 0.05) is 11.2 Å². The van der Waals surface area contributed by atoms with Gasteiger partial charge >= 0.3 is 5.97 Å². The van der Waals surface area contributed by atoms with Gasteiger partial charge in [0.1, 0.15) is 11.9 Å². The van der Waals surface area contributed by atoms with E-state index in [0.29, 0.717) is 11.4 Å². The van der Waals surface area contributed by atoms with Crippen LogP contribution < -0.4 is 0 Å². The number of allylic oxidation sites excluding steroid dienone is 1. The summed E-state index contributed by atoms with van der Waals surface area (Å²) in [5.74, 6) is 0.421. The van der Waals surface area contributed by atoms with Crippen molar-refractivity contribution in [2.45, 2.75) is 37.6 Å². The fourth-order valence-electron chi connectivity index (χ4n) is 1.34. The van der Waals surface area contributed by atoms with Crippen LogP contribution in [0.15, 0.2) is 11.8 Å². The highest BCUT2D eigenvalue weighted by molar-refractivity contribution is 9.09. The second-order valence-electron chi connectivity index (χ2n) is 3.24. The quantitative estimate of drug-likeness (QED) is 0.445. The second kappa shape index (κ2) is 5.39.